The van der Waals surface area contributed by atoms with Gasteiger partial charge >= 0.3 is 12.4 Å². The number of benzene rings is 1. The van der Waals surface area contributed by atoms with Crippen LogP contribution in [0.25, 0.3) is 0 Å². The van der Waals surface area contributed by atoms with E-state index in [2.05, 4.69) is 0 Å². The van der Waals surface area contributed by atoms with Crippen LogP contribution in [-0.2, 0) is 17.1 Å². The van der Waals surface area contributed by atoms with Crippen molar-refractivity contribution in [3.05, 3.63) is 29.3 Å². The molecular weight excluding hydrogens is 302 g/mol. The maximum Gasteiger partial charge on any atom is 0.416 e. The van der Waals surface area contributed by atoms with Gasteiger partial charge in [0.15, 0.2) is 11.9 Å². The molecule has 21 heavy (non-hydrogen) atoms. The Kier molecular flexibility index (Phi) is 4.91. The summed E-state index contributed by atoms with van der Waals surface area (Å²) >= 11 is 0. The Hall–Kier alpha value is -1.73. The van der Waals surface area contributed by atoms with E-state index in [1.807, 2.05) is 0 Å². The van der Waals surface area contributed by atoms with Crippen molar-refractivity contribution in [2.24, 2.45) is 0 Å². The maximum atomic E-state index is 12.6. The van der Waals surface area contributed by atoms with Crippen molar-refractivity contribution >= 4 is 5.78 Å². The molecule has 1 atom stereocenters. The maximum absolute atomic E-state index is 12.6. The number of rotatable bonds is 4. The van der Waals surface area contributed by atoms with Gasteiger partial charge in [0.2, 0.25) is 0 Å². The molecule has 0 N–H and O–H groups in total. The fourth-order valence-electron chi connectivity index (χ4n) is 1.55. The van der Waals surface area contributed by atoms with Crippen LogP contribution in [0.2, 0.25) is 0 Å². The zero-order valence-electron chi connectivity index (χ0n) is 11.1. The number of ether oxygens (including phenoxy) is 1. The quantitative estimate of drug-likeness (QED) is 0.766. The Morgan fingerprint density at radius 3 is 1.81 bits per heavy atom. The lowest BCUT2D eigenvalue weighted by Gasteiger charge is -2.17. The number of halogens is 6. The molecule has 0 aromatic heterocycles. The second-order valence-electron chi connectivity index (χ2n) is 4.32. The van der Waals surface area contributed by atoms with Gasteiger partial charge in [-0.05, 0) is 25.1 Å². The Balaban J connectivity index is 3.23. The van der Waals surface area contributed by atoms with Crippen molar-refractivity contribution in [1.29, 1.82) is 0 Å². The topological polar surface area (TPSA) is 26.3 Å². The van der Waals surface area contributed by atoms with Crippen LogP contribution in [-0.4, -0.2) is 11.9 Å². The van der Waals surface area contributed by atoms with Crippen molar-refractivity contribution in [2.45, 2.75) is 38.7 Å². The monoisotopic (exact) mass is 314 g/mol. The summed E-state index contributed by atoms with van der Waals surface area (Å²) in [4.78, 5) is 11.3. The molecule has 8 heteroatoms. The highest BCUT2D eigenvalue weighted by Crippen LogP contribution is 2.38. The van der Waals surface area contributed by atoms with Gasteiger partial charge in [-0.15, -0.1) is 0 Å². The summed E-state index contributed by atoms with van der Waals surface area (Å²) in [5.41, 5.74) is -2.97. The summed E-state index contributed by atoms with van der Waals surface area (Å²) < 4.78 is 80.5. The third kappa shape index (κ3) is 4.64. The summed E-state index contributed by atoms with van der Waals surface area (Å²) in [6.45, 7) is 2.77. The minimum atomic E-state index is -4.95. The lowest BCUT2D eigenvalue weighted by atomic mass is 10.1. The second-order valence-corrected chi connectivity index (χ2v) is 4.32. The predicted octanol–water partition coefficient (Wildman–Crippen LogP) is 4.47. The molecule has 0 radical (unpaired) electrons. The lowest BCUT2D eigenvalue weighted by Crippen LogP contribution is -2.23. The molecule has 0 aliphatic carbocycles. The molecule has 0 spiro atoms. The van der Waals surface area contributed by atoms with Gasteiger partial charge in [0.05, 0.1) is 11.1 Å². The van der Waals surface area contributed by atoms with E-state index >= 15 is 0 Å². The van der Waals surface area contributed by atoms with Gasteiger partial charge in [-0.1, -0.05) is 6.92 Å². The normalized spacial score (nSPS) is 13.9. The van der Waals surface area contributed by atoms with Crippen LogP contribution in [0.15, 0.2) is 18.2 Å². The molecule has 0 aliphatic rings. The van der Waals surface area contributed by atoms with E-state index in [1.54, 1.807) is 0 Å². The third-order valence-electron chi connectivity index (χ3n) is 2.68. The Morgan fingerprint density at radius 1 is 1.05 bits per heavy atom. The molecule has 0 saturated heterocycles. The van der Waals surface area contributed by atoms with Crippen molar-refractivity contribution < 1.29 is 35.9 Å². The highest BCUT2D eigenvalue weighted by molar-refractivity contribution is 5.82. The van der Waals surface area contributed by atoms with E-state index in [1.165, 1.54) is 13.8 Å². The molecule has 1 aromatic carbocycles. The molecule has 1 rings (SSSR count). The van der Waals surface area contributed by atoms with Crippen molar-refractivity contribution in [1.82, 2.24) is 0 Å². The fourth-order valence-corrected chi connectivity index (χ4v) is 1.55. The van der Waals surface area contributed by atoms with Crippen molar-refractivity contribution in [2.75, 3.05) is 0 Å². The number of ketones is 1. The first kappa shape index (κ1) is 17.3. The van der Waals surface area contributed by atoms with Crippen LogP contribution in [0, 0.1) is 0 Å². The van der Waals surface area contributed by atoms with Crippen LogP contribution in [0.3, 0.4) is 0 Å². The summed E-state index contributed by atoms with van der Waals surface area (Å²) in [6.07, 6.45) is -11.0. The van der Waals surface area contributed by atoms with Crippen LogP contribution in [0.5, 0.6) is 5.75 Å². The van der Waals surface area contributed by atoms with E-state index in [-0.39, 0.29) is 12.5 Å². The molecule has 118 valence electrons. The highest BCUT2D eigenvalue weighted by atomic mass is 19.4. The standard InChI is InChI=1S/C13H12F6O2/c1-3-11(20)7(2)21-10-5-8(12(14,15)16)4-9(6-10)13(17,18)19/h4-7H,3H2,1-2H3. The molecule has 0 fully saturated rings. The van der Waals surface area contributed by atoms with Crippen LogP contribution < -0.4 is 4.74 Å². The van der Waals surface area contributed by atoms with Gasteiger partial charge in [0.25, 0.3) is 0 Å². The summed E-state index contributed by atoms with van der Waals surface area (Å²) in [5, 5.41) is 0. The molecule has 0 bridgehead atoms. The molecular formula is C13H12F6O2. The van der Waals surface area contributed by atoms with Crippen LogP contribution in [0.1, 0.15) is 31.4 Å². The van der Waals surface area contributed by atoms with Gasteiger partial charge < -0.3 is 4.74 Å². The fraction of sp³-hybridized carbons (Fsp3) is 0.462. The van der Waals surface area contributed by atoms with Gasteiger partial charge in [-0.25, -0.2) is 0 Å². The third-order valence-corrected chi connectivity index (χ3v) is 2.68. The van der Waals surface area contributed by atoms with E-state index in [9.17, 15) is 31.1 Å². The number of carbonyl (C=O) groups is 1. The highest BCUT2D eigenvalue weighted by Gasteiger charge is 2.37. The average molecular weight is 314 g/mol. The van der Waals surface area contributed by atoms with Crippen molar-refractivity contribution in [3.63, 3.8) is 0 Å². The number of hydrogen-bond acceptors (Lipinski definition) is 2. The summed E-state index contributed by atoms with van der Waals surface area (Å²) in [6, 6.07) is 0.878. The van der Waals surface area contributed by atoms with Crippen molar-refractivity contribution in [3.8, 4) is 5.75 Å². The molecule has 0 heterocycles. The molecule has 1 aromatic rings. The largest absolute Gasteiger partial charge is 0.483 e. The molecule has 0 amide bonds. The summed E-state index contributed by atoms with van der Waals surface area (Å²) in [5.74, 6) is -1.08. The van der Waals surface area contributed by atoms with Gasteiger partial charge in [0, 0.05) is 6.42 Å². The van der Waals surface area contributed by atoms with Crippen LogP contribution >= 0.6 is 0 Å². The van der Waals surface area contributed by atoms with Gasteiger partial charge in [-0.2, -0.15) is 26.3 Å². The number of alkyl halides is 6. The lowest BCUT2D eigenvalue weighted by molar-refractivity contribution is -0.143. The predicted molar refractivity (Wildman–Crippen MR) is 61.8 cm³/mol. The van der Waals surface area contributed by atoms with E-state index in [0.717, 1.165) is 0 Å². The van der Waals surface area contributed by atoms with E-state index < -0.39 is 41.1 Å². The second kappa shape index (κ2) is 5.95. The minimum absolute atomic E-state index is 0.000825. The smallest absolute Gasteiger partial charge is 0.416 e. The van der Waals surface area contributed by atoms with E-state index in [0.29, 0.717) is 12.1 Å². The molecule has 0 saturated carbocycles. The first-order valence-electron chi connectivity index (χ1n) is 5.94. The Morgan fingerprint density at radius 2 is 1.48 bits per heavy atom. The molecule has 0 aliphatic heterocycles. The average Bonchev–Trinajstić information content (AvgIpc) is 2.35. The number of carbonyl (C=O) groups excluding carboxylic acids is 1. The number of hydrogen-bond donors (Lipinski definition) is 0. The first-order valence-corrected chi connectivity index (χ1v) is 5.94. The minimum Gasteiger partial charge on any atom is -0.483 e. The molecule has 2 nitrogen and oxygen atoms in total. The van der Waals surface area contributed by atoms with Gasteiger partial charge in [-0.3, -0.25) is 4.79 Å². The Bertz CT molecular complexity index is 486. The van der Waals surface area contributed by atoms with Crippen LogP contribution in [0.4, 0.5) is 26.3 Å². The zero-order valence-corrected chi connectivity index (χ0v) is 11.1. The summed E-state index contributed by atoms with van der Waals surface area (Å²) in [7, 11) is 0. The SMILES string of the molecule is CCC(=O)C(C)Oc1cc(C(F)(F)F)cc(C(F)(F)F)c1. The van der Waals surface area contributed by atoms with E-state index in [4.69, 9.17) is 4.74 Å². The first-order chi connectivity index (χ1) is 9.45. The molecule has 1 unspecified atom stereocenters. The zero-order chi connectivity index (χ0) is 16.4. The van der Waals surface area contributed by atoms with Gasteiger partial charge in [0.1, 0.15) is 5.75 Å². The Labute approximate surface area is 116 Å². The number of Topliss-reactive ketones (excluding diaryl/α,β-unsaturated/α-hetero) is 1.